The van der Waals surface area contributed by atoms with Gasteiger partial charge in [0.1, 0.15) is 11.9 Å². The van der Waals surface area contributed by atoms with Crippen LogP contribution in [0, 0.1) is 5.41 Å². The van der Waals surface area contributed by atoms with Gasteiger partial charge in [0.2, 0.25) is 5.91 Å². The van der Waals surface area contributed by atoms with Gasteiger partial charge in [-0.2, -0.15) is 0 Å². The Morgan fingerprint density at radius 1 is 1.13 bits per heavy atom. The lowest BCUT2D eigenvalue weighted by atomic mass is 9.86. The molecule has 3 heterocycles. The number of fused-ring (bicyclic) bond motifs is 1. The van der Waals surface area contributed by atoms with Gasteiger partial charge in [0, 0.05) is 33.1 Å². The first kappa shape index (κ1) is 22.7. The van der Waals surface area contributed by atoms with Gasteiger partial charge < -0.3 is 20.1 Å². The average Bonchev–Trinajstić information content (AvgIpc) is 3.32. The van der Waals surface area contributed by atoms with E-state index in [1.165, 1.54) is 25.9 Å². The number of nitrogens with one attached hydrogen (secondary N) is 2. The largest absolute Gasteiger partial charge is 0.357 e. The van der Waals surface area contributed by atoms with E-state index < -0.39 is 11.5 Å². The lowest BCUT2D eigenvalue weighted by Crippen LogP contribution is -2.53. The Balaban J connectivity index is 1.78. The van der Waals surface area contributed by atoms with Gasteiger partial charge in [0.15, 0.2) is 5.69 Å². The van der Waals surface area contributed by atoms with Gasteiger partial charge in [-0.15, -0.1) is 0 Å². The zero-order chi connectivity index (χ0) is 21.9. The molecule has 1 aromatic heterocycles. The maximum atomic E-state index is 13.2. The van der Waals surface area contributed by atoms with Crippen LogP contribution in [0.15, 0.2) is 0 Å². The van der Waals surface area contributed by atoms with Crippen molar-refractivity contribution >= 4 is 11.8 Å². The minimum absolute atomic E-state index is 0.188. The SMILES string of the molecule is CNC(=O)[C@@H](NC(=O)c1nc(CCCN2CCCC2)n2c1CN(C)CC2)C(C)(C)C. The van der Waals surface area contributed by atoms with Crippen LogP contribution in [0.2, 0.25) is 0 Å². The molecule has 0 aliphatic carbocycles. The first-order valence-electron chi connectivity index (χ1n) is 11.2. The molecule has 0 spiro atoms. The van der Waals surface area contributed by atoms with Crippen molar-refractivity contribution in [1.82, 2.24) is 30.0 Å². The summed E-state index contributed by atoms with van der Waals surface area (Å²) in [6.07, 6.45) is 4.53. The topological polar surface area (TPSA) is 82.5 Å². The van der Waals surface area contributed by atoms with E-state index in [-0.39, 0.29) is 11.8 Å². The number of likely N-dealkylation sites (tertiary alicyclic amines) is 1. The van der Waals surface area contributed by atoms with Crippen LogP contribution in [-0.4, -0.2) is 77.5 Å². The van der Waals surface area contributed by atoms with E-state index in [9.17, 15) is 9.59 Å². The van der Waals surface area contributed by atoms with Gasteiger partial charge in [-0.25, -0.2) is 4.98 Å². The quantitative estimate of drug-likeness (QED) is 0.696. The highest BCUT2D eigenvalue weighted by Crippen LogP contribution is 2.23. The number of aromatic nitrogens is 2. The lowest BCUT2D eigenvalue weighted by Gasteiger charge is -2.30. The van der Waals surface area contributed by atoms with E-state index in [1.807, 2.05) is 20.8 Å². The van der Waals surface area contributed by atoms with Crippen molar-refractivity contribution in [2.75, 3.05) is 40.3 Å². The van der Waals surface area contributed by atoms with Crippen LogP contribution in [0.3, 0.4) is 0 Å². The van der Waals surface area contributed by atoms with Gasteiger partial charge in [-0.3, -0.25) is 14.5 Å². The Labute approximate surface area is 180 Å². The lowest BCUT2D eigenvalue weighted by molar-refractivity contribution is -0.124. The van der Waals surface area contributed by atoms with Crippen LogP contribution in [0.1, 0.15) is 62.0 Å². The number of amides is 2. The first-order valence-corrected chi connectivity index (χ1v) is 11.2. The van der Waals surface area contributed by atoms with Gasteiger partial charge in [0.05, 0.1) is 5.69 Å². The number of carbonyl (C=O) groups is 2. The molecular weight excluding hydrogens is 380 g/mol. The van der Waals surface area contributed by atoms with Gasteiger partial charge in [-0.05, 0) is 51.4 Å². The van der Waals surface area contributed by atoms with Crippen molar-refractivity contribution < 1.29 is 9.59 Å². The number of hydrogen-bond donors (Lipinski definition) is 2. The predicted molar refractivity (Wildman–Crippen MR) is 117 cm³/mol. The van der Waals surface area contributed by atoms with Crippen LogP contribution < -0.4 is 10.6 Å². The van der Waals surface area contributed by atoms with E-state index >= 15 is 0 Å². The number of likely N-dealkylation sites (N-methyl/N-ethyl adjacent to an activating group) is 2. The van der Waals surface area contributed by atoms with Gasteiger partial charge >= 0.3 is 0 Å². The van der Waals surface area contributed by atoms with Crippen molar-refractivity contribution in [1.29, 1.82) is 0 Å². The van der Waals surface area contributed by atoms with Crippen LogP contribution >= 0.6 is 0 Å². The van der Waals surface area contributed by atoms with E-state index in [2.05, 4.69) is 32.0 Å². The molecule has 0 aromatic carbocycles. The maximum Gasteiger partial charge on any atom is 0.272 e. The highest BCUT2D eigenvalue weighted by Gasteiger charge is 2.34. The monoisotopic (exact) mass is 418 g/mol. The minimum Gasteiger partial charge on any atom is -0.357 e. The third kappa shape index (κ3) is 5.21. The molecule has 2 amide bonds. The number of aryl methyl sites for hydroxylation is 1. The molecule has 0 unspecified atom stereocenters. The zero-order valence-electron chi connectivity index (χ0n) is 19.3. The number of hydrogen-bond acceptors (Lipinski definition) is 5. The zero-order valence-corrected chi connectivity index (χ0v) is 19.3. The summed E-state index contributed by atoms with van der Waals surface area (Å²) < 4.78 is 2.23. The Bertz CT molecular complexity index is 760. The Kier molecular flexibility index (Phi) is 7.18. The molecule has 2 aliphatic heterocycles. The van der Waals surface area contributed by atoms with Gasteiger partial charge in [0.25, 0.3) is 5.91 Å². The van der Waals surface area contributed by atoms with Crippen molar-refractivity contribution in [2.45, 2.75) is 65.6 Å². The summed E-state index contributed by atoms with van der Waals surface area (Å²) in [4.78, 5) is 35.1. The highest BCUT2D eigenvalue weighted by molar-refractivity contribution is 5.97. The summed E-state index contributed by atoms with van der Waals surface area (Å²) in [6, 6.07) is -0.618. The summed E-state index contributed by atoms with van der Waals surface area (Å²) in [7, 11) is 3.66. The summed E-state index contributed by atoms with van der Waals surface area (Å²) in [5.74, 6) is 0.546. The van der Waals surface area contributed by atoms with Crippen LogP contribution in [0.4, 0.5) is 0 Å². The molecule has 2 N–H and O–H groups in total. The van der Waals surface area contributed by atoms with Crippen molar-refractivity contribution in [3.05, 3.63) is 17.2 Å². The van der Waals surface area contributed by atoms with E-state index in [1.54, 1.807) is 7.05 Å². The van der Waals surface area contributed by atoms with Crippen LogP contribution in [0.5, 0.6) is 0 Å². The smallest absolute Gasteiger partial charge is 0.272 e. The third-order valence-corrected chi connectivity index (χ3v) is 6.22. The molecule has 0 radical (unpaired) electrons. The molecule has 2 aliphatic rings. The molecule has 8 heteroatoms. The molecule has 1 saturated heterocycles. The highest BCUT2D eigenvalue weighted by atomic mass is 16.2. The number of carbonyl (C=O) groups excluding carboxylic acids is 2. The van der Waals surface area contributed by atoms with Crippen molar-refractivity contribution in [3.8, 4) is 0 Å². The fourth-order valence-electron chi connectivity index (χ4n) is 4.43. The van der Waals surface area contributed by atoms with E-state index in [0.29, 0.717) is 12.2 Å². The summed E-state index contributed by atoms with van der Waals surface area (Å²) in [5.41, 5.74) is 1.03. The molecule has 0 saturated carbocycles. The number of imidazole rings is 1. The van der Waals surface area contributed by atoms with Crippen LogP contribution in [-0.2, 0) is 24.3 Å². The molecule has 8 nitrogen and oxygen atoms in total. The molecule has 0 bridgehead atoms. The summed E-state index contributed by atoms with van der Waals surface area (Å²) >= 11 is 0. The van der Waals surface area contributed by atoms with E-state index in [4.69, 9.17) is 4.98 Å². The molecule has 1 fully saturated rings. The number of rotatable bonds is 7. The second kappa shape index (κ2) is 9.47. The summed E-state index contributed by atoms with van der Waals surface area (Å²) in [6.45, 7) is 11.8. The second-order valence-electron chi connectivity index (χ2n) is 9.75. The molecule has 3 rings (SSSR count). The van der Waals surface area contributed by atoms with Crippen molar-refractivity contribution in [3.63, 3.8) is 0 Å². The average molecular weight is 419 g/mol. The standard InChI is InChI=1S/C22H38N6O2/c1-22(2,3)19(21(30)23-4)25-20(29)18-16-15-26(5)13-14-28(16)17(24-18)9-8-12-27-10-6-7-11-27/h19H,6-15H2,1-5H3,(H,23,30)(H,25,29)/t19-/m1/s1. The number of nitrogens with zero attached hydrogens (tertiary/aromatic N) is 4. The molecular formula is C22H38N6O2. The molecule has 1 aromatic rings. The Hall–Kier alpha value is -1.93. The van der Waals surface area contributed by atoms with Gasteiger partial charge in [-0.1, -0.05) is 20.8 Å². The minimum atomic E-state index is -0.618. The summed E-state index contributed by atoms with van der Waals surface area (Å²) in [5, 5.41) is 5.62. The predicted octanol–water partition coefficient (Wildman–Crippen LogP) is 1.25. The third-order valence-electron chi connectivity index (χ3n) is 6.22. The second-order valence-corrected chi connectivity index (χ2v) is 9.75. The fourth-order valence-corrected chi connectivity index (χ4v) is 4.43. The molecule has 30 heavy (non-hydrogen) atoms. The molecule has 1 atom stereocenters. The maximum absolute atomic E-state index is 13.2. The first-order chi connectivity index (χ1) is 14.2. The van der Waals surface area contributed by atoms with Crippen molar-refractivity contribution in [2.24, 2.45) is 5.41 Å². The molecule has 168 valence electrons. The Morgan fingerprint density at radius 2 is 1.83 bits per heavy atom. The Morgan fingerprint density at radius 3 is 2.47 bits per heavy atom. The fraction of sp³-hybridized carbons (Fsp3) is 0.773. The van der Waals surface area contributed by atoms with Crippen LogP contribution in [0.25, 0.3) is 0 Å². The van der Waals surface area contributed by atoms with E-state index in [0.717, 1.165) is 44.0 Å². The normalized spacial score (nSPS) is 18.8.